The average molecular weight is 399 g/mol. The van der Waals surface area contributed by atoms with Crippen LogP contribution in [0, 0.1) is 11.3 Å². The minimum atomic E-state index is -3.51. The first kappa shape index (κ1) is 20.0. The molecule has 0 aliphatic carbocycles. The third-order valence-electron chi connectivity index (χ3n) is 5.06. The Hall–Kier alpha value is -2.73. The Morgan fingerprint density at radius 2 is 1.71 bits per heavy atom. The van der Waals surface area contributed by atoms with Gasteiger partial charge in [0.05, 0.1) is 42.3 Å². The maximum atomic E-state index is 12.7. The quantitative estimate of drug-likeness (QED) is 0.764. The standard InChI is InChI=1S/C20H22N4O3S/c1-16(20(25)22-19-10-6-5-7-17(19)15-21)23-11-13-24(14-12-23)28(26,27)18-8-3-2-4-9-18/h2-10,16H,11-14H2,1H3,(H,22,25)/p+1/t16-/m0/s1. The summed E-state index contributed by atoms with van der Waals surface area (Å²) in [5.74, 6) is -0.183. The minimum Gasteiger partial charge on any atom is -0.323 e. The summed E-state index contributed by atoms with van der Waals surface area (Å²) < 4.78 is 26.9. The molecule has 1 heterocycles. The lowest BCUT2D eigenvalue weighted by atomic mass is 10.1. The molecular weight excluding hydrogens is 376 g/mol. The monoisotopic (exact) mass is 399 g/mol. The fourth-order valence-electron chi connectivity index (χ4n) is 3.30. The summed E-state index contributed by atoms with van der Waals surface area (Å²) in [5, 5.41) is 12.0. The number of carbonyl (C=O) groups excluding carboxylic acids is 1. The van der Waals surface area contributed by atoms with Crippen molar-refractivity contribution < 1.29 is 18.1 Å². The Kier molecular flexibility index (Phi) is 6.09. The van der Waals surface area contributed by atoms with Gasteiger partial charge >= 0.3 is 0 Å². The lowest BCUT2D eigenvalue weighted by molar-refractivity contribution is -0.917. The predicted octanol–water partition coefficient (Wildman–Crippen LogP) is 0.475. The SMILES string of the molecule is C[C@@H](C(=O)Nc1ccccc1C#N)[NH+]1CCN(S(=O)(=O)c2ccccc2)CC1. The van der Waals surface area contributed by atoms with Crippen LogP contribution in [0.25, 0.3) is 0 Å². The molecule has 1 aliphatic rings. The van der Waals surface area contributed by atoms with E-state index in [1.165, 1.54) is 4.31 Å². The van der Waals surface area contributed by atoms with Gasteiger partial charge in [0.1, 0.15) is 6.07 Å². The zero-order valence-electron chi connectivity index (χ0n) is 15.6. The second kappa shape index (κ2) is 8.52. The van der Waals surface area contributed by atoms with E-state index in [-0.39, 0.29) is 16.8 Å². The van der Waals surface area contributed by atoms with Crippen LogP contribution < -0.4 is 10.2 Å². The number of hydrogen-bond donors (Lipinski definition) is 2. The highest BCUT2D eigenvalue weighted by atomic mass is 32.2. The van der Waals surface area contributed by atoms with E-state index in [1.807, 2.05) is 6.92 Å². The first-order valence-corrected chi connectivity index (χ1v) is 10.6. The molecule has 2 N–H and O–H groups in total. The molecule has 2 aromatic rings. The lowest BCUT2D eigenvalue weighted by Gasteiger charge is -2.34. The average Bonchev–Trinajstić information content (AvgIpc) is 2.74. The fraction of sp³-hybridized carbons (Fsp3) is 0.300. The molecule has 1 saturated heterocycles. The van der Waals surface area contributed by atoms with Gasteiger partial charge in [0, 0.05) is 0 Å². The van der Waals surface area contributed by atoms with Crippen LogP contribution in [-0.2, 0) is 14.8 Å². The van der Waals surface area contributed by atoms with Crippen molar-refractivity contribution in [2.24, 2.45) is 0 Å². The topological polar surface area (TPSA) is 94.7 Å². The van der Waals surface area contributed by atoms with Crippen molar-refractivity contribution in [3.05, 3.63) is 60.2 Å². The first-order valence-electron chi connectivity index (χ1n) is 9.13. The number of piperazine rings is 1. The van der Waals surface area contributed by atoms with Crippen LogP contribution in [0.2, 0.25) is 0 Å². The molecule has 0 unspecified atom stereocenters. The van der Waals surface area contributed by atoms with Crippen molar-refractivity contribution in [1.29, 1.82) is 5.26 Å². The highest BCUT2D eigenvalue weighted by Crippen LogP contribution is 2.15. The number of carbonyl (C=O) groups is 1. The van der Waals surface area contributed by atoms with E-state index in [0.717, 1.165) is 4.90 Å². The molecule has 0 aromatic heterocycles. The molecule has 28 heavy (non-hydrogen) atoms. The normalized spacial score (nSPS) is 16.9. The van der Waals surface area contributed by atoms with Crippen LogP contribution in [0.3, 0.4) is 0 Å². The number of sulfonamides is 1. The van der Waals surface area contributed by atoms with Crippen LogP contribution in [0.15, 0.2) is 59.5 Å². The number of rotatable bonds is 5. The van der Waals surface area contributed by atoms with Gasteiger partial charge in [-0.2, -0.15) is 9.57 Å². The molecule has 1 fully saturated rings. The number of nitrogens with one attached hydrogen (secondary N) is 2. The van der Waals surface area contributed by atoms with Gasteiger partial charge in [-0.25, -0.2) is 8.42 Å². The highest BCUT2D eigenvalue weighted by molar-refractivity contribution is 7.89. The van der Waals surface area contributed by atoms with Crippen molar-refractivity contribution >= 4 is 21.6 Å². The van der Waals surface area contributed by atoms with Gasteiger partial charge in [0.25, 0.3) is 5.91 Å². The van der Waals surface area contributed by atoms with E-state index in [4.69, 9.17) is 5.26 Å². The zero-order valence-corrected chi connectivity index (χ0v) is 16.4. The summed E-state index contributed by atoms with van der Waals surface area (Å²) in [6.07, 6.45) is 0. The Bertz CT molecular complexity index is 978. The van der Waals surface area contributed by atoms with Crippen molar-refractivity contribution in [1.82, 2.24) is 4.31 Å². The lowest BCUT2D eigenvalue weighted by Crippen LogP contribution is -3.19. The van der Waals surface area contributed by atoms with Crippen LogP contribution in [0.1, 0.15) is 12.5 Å². The summed E-state index contributed by atoms with van der Waals surface area (Å²) in [5.41, 5.74) is 0.906. The molecule has 3 rings (SSSR count). The van der Waals surface area contributed by atoms with E-state index in [1.54, 1.807) is 54.6 Å². The van der Waals surface area contributed by atoms with Gasteiger partial charge in [0.2, 0.25) is 10.0 Å². The minimum absolute atomic E-state index is 0.183. The molecule has 2 aromatic carbocycles. The Balaban J connectivity index is 1.61. The molecule has 0 spiro atoms. The third kappa shape index (κ3) is 4.22. The summed E-state index contributed by atoms with van der Waals surface area (Å²) in [6, 6.07) is 17.0. The van der Waals surface area contributed by atoms with Gasteiger partial charge in [-0.05, 0) is 31.2 Å². The van der Waals surface area contributed by atoms with E-state index in [2.05, 4.69) is 11.4 Å². The molecule has 146 valence electrons. The number of hydrogen-bond acceptors (Lipinski definition) is 4. The number of nitrogens with zero attached hydrogens (tertiary/aromatic N) is 2. The van der Waals surface area contributed by atoms with Gasteiger partial charge < -0.3 is 10.2 Å². The summed E-state index contributed by atoms with van der Waals surface area (Å²) in [6.45, 7) is 3.63. The van der Waals surface area contributed by atoms with Crippen LogP contribution in [0.5, 0.6) is 0 Å². The largest absolute Gasteiger partial charge is 0.323 e. The molecule has 1 amide bonds. The number of amides is 1. The second-order valence-corrected chi connectivity index (χ2v) is 8.68. The van der Waals surface area contributed by atoms with Crippen LogP contribution >= 0.6 is 0 Å². The van der Waals surface area contributed by atoms with Gasteiger partial charge in [0.15, 0.2) is 6.04 Å². The molecule has 1 aliphatic heterocycles. The molecule has 7 nitrogen and oxygen atoms in total. The van der Waals surface area contributed by atoms with Gasteiger partial charge in [-0.1, -0.05) is 30.3 Å². The Morgan fingerprint density at radius 3 is 2.36 bits per heavy atom. The van der Waals surface area contributed by atoms with Crippen LogP contribution in [0.4, 0.5) is 5.69 Å². The first-order chi connectivity index (χ1) is 13.4. The van der Waals surface area contributed by atoms with Crippen molar-refractivity contribution in [3.8, 4) is 6.07 Å². The number of nitriles is 1. The zero-order chi connectivity index (χ0) is 20.1. The van der Waals surface area contributed by atoms with Gasteiger partial charge in [-0.15, -0.1) is 0 Å². The highest BCUT2D eigenvalue weighted by Gasteiger charge is 2.34. The maximum Gasteiger partial charge on any atom is 0.282 e. The van der Waals surface area contributed by atoms with Crippen molar-refractivity contribution in [2.75, 3.05) is 31.5 Å². The van der Waals surface area contributed by atoms with Crippen molar-refractivity contribution in [3.63, 3.8) is 0 Å². The van der Waals surface area contributed by atoms with Crippen molar-refractivity contribution in [2.45, 2.75) is 17.9 Å². The number of quaternary nitrogens is 1. The molecule has 0 radical (unpaired) electrons. The van der Waals surface area contributed by atoms with E-state index in [9.17, 15) is 13.2 Å². The number of anilines is 1. The summed E-state index contributed by atoms with van der Waals surface area (Å²) >= 11 is 0. The third-order valence-corrected chi connectivity index (χ3v) is 6.97. The van der Waals surface area contributed by atoms with Crippen LogP contribution in [-0.4, -0.2) is 50.9 Å². The van der Waals surface area contributed by atoms with E-state index < -0.39 is 10.0 Å². The fourth-order valence-corrected chi connectivity index (χ4v) is 4.77. The number of para-hydroxylation sites is 1. The predicted molar refractivity (Wildman–Crippen MR) is 105 cm³/mol. The molecule has 8 heteroatoms. The summed E-state index contributed by atoms with van der Waals surface area (Å²) in [7, 11) is -3.51. The molecule has 0 bridgehead atoms. The molecular formula is C20H23N4O3S+. The second-order valence-electron chi connectivity index (χ2n) is 6.74. The Labute approximate surface area is 165 Å². The smallest absolute Gasteiger partial charge is 0.282 e. The number of benzene rings is 2. The van der Waals surface area contributed by atoms with E-state index >= 15 is 0 Å². The maximum absolute atomic E-state index is 12.7. The summed E-state index contributed by atoms with van der Waals surface area (Å²) in [4.78, 5) is 13.9. The Morgan fingerprint density at radius 1 is 1.11 bits per heavy atom. The molecule has 1 atom stereocenters. The molecule has 0 saturated carbocycles. The van der Waals surface area contributed by atoms with Gasteiger partial charge in [-0.3, -0.25) is 4.79 Å². The van der Waals surface area contributed by atoms with E-state index in [0.29, 0.717) is 37.4 Å².